The van der Waals surface area contributed by atoms with Gasteiger partial charge in [-0.2, -0.15) is 0 Å². The zero-order valence-electron chi connectivity index (χ0n) is 11.7. The van der Waals surface area contributed by atoms with E-state index in [2.05, 4.69) is 4.74 Å². The van der Waals surface area contributed by atoms with Gasteiger partial charge in [-0.3, -0.25) is 4.79 Å². The topological polar surface area (TPSA) is 52.6 Å². The first-order valence-electron chi connectivity index (χ1n) is 6.28. The molecule has 0 aromatic heterocycles. The van der Waals surface area contributed by atoms with Crippen molar-refractivity contribution in [1.82, 2.24) is 0 Å². The van der Waals surface area contributed by atoms with E-state index in [1.54, 1.807) is 7.11 Å². The highest BCUT2D eigenvalue weighted by Crippen LogP contribution is 2.24. The molecule has 0 N–H and O–H groups in total. The Morgan fingerprint density at radius 1 is 1.20 bits per heavy atom. The predicted molar refractivity (Wildman–Crippen MR) is 75.1 cm³/mol. The van der Waals surface area contributed by atoms with E-state index in [0.717, 1.165) is 22.5 Å². The minimum atomic E-state index is -0.536. The highest BCUT2D eigenvalue weighted by atomic mass is 16.6. The Kier molecular flexibility index (Phi) is 4.03. The summed E-state index contributed by atoms with van der Waals surface area (Å²) in [5, 5.41) is 0. The van der Waals surface area contributed by atoms with E-state index < -0.39 is 11.9 Å². The molecule has 4 heteroatoms. The highest BCUT2D eigenvalue weighted by molar-refractivity contribution is 6.06. The van der Waals surface area contributed by atoms with E-state index in [-0.39, 0.29) is 6.42 Å². The molecule has 20 heavy (non-hydrogen) atoms. The number of carbonyl (C=O) groups is 2. The van der Waals surface area contributed by atoms with E-state index in [9.17, 15) is 9.59 Å². The summed E-state index contributed by atoms with van der Waals surface area (Å²) >= 11 is 0. The third-order valence-corrected chi connectivity index (χ3v) is 3.23. The summed E-state index contributed by atoms with van der Waals surface area (Å²) in [6.45, 7) is 3.76. The quantitative estimate of drug-likeness (QED) is 0.482. The molecule has 1 heterocycles. The second-order valence-corrected chi connectivity index (χ2v) is 4.66. The van der Waals surface area contributed by atoms with Crippen molar-refractivity contribution in [2.75, 3.05) is 7.11 Å². The predicted octanol–water partition coefficient (Wildman–Crippen LogP) is 2.89. The second kappa shape index (κ2) is 5.74. The maximum atomic E-state index is 11.5. The normalized spacial score (nSPS) is 18.1. The molecule has 0 bridgehead atoms. The van der Waals surface area contributed by atoms with Crippen LogP contribution in [0.15, 0.2) is 41.5 Å². The first-order chi connectivity index (χ1) is 9.51. The molecule has 0 aliphatic carbocycles. The number of hydrogen-bond acceptors (Lipinski definition) is 4. The maximum Gasteiger partial charge on any atom is 0.342 e. The molecular weight excluding hydrogens is 256 g/mol. The number of ether oxygens (including phenoxy) is 2. The molecule has 0 saturated carbocycles. The van der Waals surface area contributed by atoms with Crippen LogP contribution >= 0.6 is 0 Å². The first kappa shape index (κ1) is 14.1. The summed E-state index contributed by atoms with van der Waals surface area (Å²) in [4.78, 5) is 22.6. The van der Waals surface area contributed by atoms with Crippen LogP contribution in [-0.4, -0.2) is 19.0 Å². The Morgan fingerprint density at radius 2 is 1.85 bits per heavy atom. The van der Waals surface area contributed by atoms with Gasteiger partial charge in [0.25, 0.3) is 0 Å². The first-order valence-corrected chi connectivity index (χ1v) is 6.28. The van der Waals surface area contributed by atoms with Crippen LogP contribution in [0.1, 0.15) is 25.8 Å². The summed E-state index contributed by atoms with van der Waals surface area (Å²) in [5.41, 5.74) is 3.23. The number of methoxy groups -OCH3 is 1. The van der Waals surface area contributed by atoms with Crippen molar-refractivity contribution in [2.24, 2.45) is 0 Å². The second-order valence-electron chi connectivity index (χ2n) is 4.66. The molecular formula is C16H16O4. The standard InChI is InChI=1S/C16H16O4/c1-10(12-4-6-13(19-3)7-5-12)8-11(2)14-9-15(17)20-16(14)18/h4-8H,9H2,1-3H3. The molecule has 0 atom stereocenters. The molecule has 104 valence electrons. The summed E-state index contributed by atoms with van der Waals surface area (Å²) in [6, 6.07) is 7.65. The third-order valence-electron chi connectivity index (χ3n) is 3.23. The van der Waals surface area contributed by atoms with Crippen LogP contribution in [-0.2, 0) is 14.3 Å². The SMILES string of the molecule is COc1ccc(C(C)=CC(C)=C2CC(=O)OC2=O)cc1. The van der Waals surface area contributed by atoms with Crippen LogP contribution in [0.4, 0.5) is 0 Å². The lowest BCUT2D eigenvalue weighted by molar-refractivity contribution is -0.151. The van der Waals surface area contributed by atoms with E-state index >= 15 is 0 Å². The van der Waals surface area contributed by atoms with Gasteiger partial charge in [0.2, 0.25) is 0 Å². The summed E-state index contributed by atoms with van der Waals surface area (Å²) in [7, 11) is 1.62. The van der Waals surface area contributed by atoms with Crippen molar-refractivity contribution in [3.8, 4) is 5.75 Å². The Balaban J connectivity index is 2.27. The van der Waals surface area contributed by atoms with E-state index in [0.29, 0.717) is 5.57 Å². The molecule has 0 amide bonds. The van der Waals surface area contributed by atoms with Gasteiger partial charge in [0, 0.05) is 0 Å². The van der Waals surface area contributed by atoms with Gasteiger partial charge in [0.05, 0.1) is 19.1 Å². The van der Waals surface area contributed by atoms with Crippen molar-refractivity contribution >= 4 is 17.5 Å². The van der Waals surface area contributed by atoms with Gasteiger partial charge in [-0.15, -0.1) is 0 Å². The van der Waals surface area contributed by atoms with Crippen molar-refractivity contribution in [3.63, 3.8) is 0 Å². The number of benzene rings is 1. The minimum absolute atomic E-state index is 0.0526. The third kappa shape index (κ3) is 2.96. The van der Waals surface area contributed by atoms with Crippen molar-refractivity contribution in [1.29, 1.82) is 0 Å². The number of rotatable bonds is 3. The van der Waals surface area contributed by atoms with E-state index in [4.69, 9.17) is 4.74 Å². The van der Waals surface area contributed by atoms with Crippen LogP contribution in [0.25, 0.3) is 5.57 Å². The fourth-order valence-corrected chi connectivity index (χ4v) is 2.07. The van der Waals surface area contributed by atoms with Crippen LogP contribution < -0.4 is 4.74 Å². The van der Waals surface area contributed by atoms with Gasteiger partial charge in [0.1, 0.15) is 5.75 Å². The Labute approximate surface area is 117 Å². The summed E-state index contributed by atoms with van der Waals surface area (Å²) < 4.78 is 9.64. The molecule has 1 saturated heterocycles. The van der Waals surface area contributed by atoms with Crippen molar-refractivity contribution in [2.45, 2.75) is 20.3 Å². The van der Waals surface area contributed by atoms with Gasteiger partial charge in [0.15, 0.2) is 0 Å². The summed E-state index contributed by atoms with van der Waals surface area (Å²) in [6.07, 6.45) is 1.94. The number of cyclic esters (lactones) is 2. The lowest BCUT2D eigenvalue weighted by Crippen LogP contribution is -1.98. The lowest BCUT2D eigenvalue weighted by Gasteiger charge is -2.05. The van der Waals surface area contributed by atoms with Crippen molar-refractivity contribution in [3.05, 3.63) is 47.1 Å². The molecule has 0 radical (unpaired) electrons. The van der Waals surface area contributed by atoms with Crippen LogP contribution in [0.3, 0.4) is 0 Å². The zero-order chi connectivity index (χ0) is 14.7. The molecule has 1 aliphatic heterocycles. The van der Waals surface area contributed by atoms with E-state index in [1.165, 1.54) is 0 Å². The van der Waals surface area contributed by atoms with Crippen LogP contribution in [0.5, 0.6) is 5.75 Å². The van der Waals surface area contributed by atoms with Crippen LogP contribution in [0.2, 0.25) is 0 Å². The molecule has 4 nitrogen and oxygen atoms in total. The Hall–Kier alpha value is -2.36. The molecule has 2 rings (SSSR count). The molecule has 0 unspecified atom stereocenters. The monoisotopic (exact) mass is 272 g/mol. The molecule has 1 aromatic carbocycles. The van der Waals surface area contributed by atoms with Gasteiger partial charge < -0.3 is 9.47 Å². The Morgan fingerprint density at radius 3 is 2.35 bits per heavy atom. The van der Waals surface area contributed by atoms with E-state index in [1.807, 2.05) is 44.2 Å². The molecule has 1 fully saturated rings. The number of carbonyl (C=O) groups excluding carboxylic acids is 2. The molecule has 1 aromatic rings. The van der Waals surface area contributed by atoms with Gasteiger partial charge in [-0.1, -0.05) is 18.2 Å². The van der Waals surface area contributed by atoms with Crippen LogP contribution in [0, 0.1) is 0 Å². The van der Waals surface area contributed by atoms with Gasteiger partial charge >= 0.3 is 11.9 Å². The maximum absolute atomic E-state index is 11.5. The largest absolute Gasteiger partial charge is 0.497 e. The van der Waals surface area contributed by atoms with Crippen molar-refractivity contribution < 1.29 is 19.1 Å². The number of esters is 2. The fraction of sp³-hybridized carbons (Fsp3) is 0.250. The zero-order valence-corrected chi connectivity index (χ0v) is 11.7. The molecule has 0 spiro atoms. The lowest BCUT2D eigenvalue weighted by atomic mass is 10.0. The van der Waals surface area contributed by atoms with Gasteiger partial charge in [-0.05, 0) is 42.7 Å². The smallest absolute Gasteiger partial charge is 0.342 e. The highest BCUT2D eigenvalue weighted by Gasteiger charge is 2.28. The van der Waals surface area contributed by atoms with Gasteiger partial charge in [-0.25, -0.2) is 4.79 Å². The number of allylic oxidation sites excluding steroid dienone is 3. The average Bonchev–Trinajstić information content (AvgIpc) is 2.78. The number of hydrogen-bond donors (Lipinski definition) is 0. The fourth-order valence-electron chi connectivity index (χ4n) is 2.07. The Bertz CT molecular complexity index is 606. The summed E-state index contributed by atoms with van der Waals surface area (Å²) in [5.74, 6) is -0.229. The molecule has 1 aliphatic rings. The average molecular weight is 272 g/mol. The minimum Gasteiger partial charge on any atom is -0.497 e.